The van der Waals surface area contributed by atoms with Gasteiger partial charge in [0, 0.05) is 27.8 Å². The minimum absolute atomic E-state index is 0.548. The fourth-order valence-corrected chi connectivity index (χ4v) is 6.60. The van der Waals surface area contributed by atoms with Crippen molar-refractivity contribution in [2.75, 3.05) is 0 Å². The molecule has 8 rings (SSSR count). The van der Waals surface area contributed by atoms with Gasteiger partial charge in [0.25, 0.3) is 0 Å². The molecule has 0 radical (unpaired) electrons. The zero-order chi connectivity index (χ0) is 34.2. The fourth-order valence-electron chi connectivity index (χ4n) is 6.60. The number of nitriles is 2. The number of nitrogens with zero attached hydrogens (tertiary/aromatic N) is 5. The van der Waals surface area contributed by atoms with Crippen molar-refractivity contribution >= 4 is 0 Å². The van der Waals surface area contributed by atoms with Crippen LogP contribution in [0.3, 0.4) is 0 Å². The van der Waals surface area contributed by atoms with Crippen molar-refractivity contribution in [2.45, 2.75) is 19.4 Å². The van der Waals surface area contributed by atoms with Gasteiger partial charge in [-0.1, -0.05) is 103 Å². The molecule has 6 aromatic carbocycles. The van der Waals surface area contributed by atoms with E-state index in [1.54, 1.807) is 0 Å². The van der Waals surface area contributed by atoms with Crippen molar-refractivity contribution in [1.29, 1.82) is 10.5 Å². The summed E-state index contributed by atoms with van der Waals surface area (Å²) in [6, 6.07) is 50.2. The summed E-state index contributed by atoms with van der Waals surface area (Å²) in [4.78, 5) is 14.9. The highest BCUT2D eigenvalue weighted by Gasteiger charge is 2.34. The van der Waals surface area contributed by atoms with Gasteiger partial charge in [0.05, 0.1) is 23.3 Å². The van der Waals surface area contributed by atoms with Crippen LogP contribution in [0.2, 0.25) is 0 Å². The van der Waals surface area contributed by atoms with Crippen molar-refractivity contribution in [1.82, 2.24) is 15.0 Å². The molecule has 6 heteroatoms. The predicted octanol–water partition coefficient (Wildman–Crippen LogP) is 10.2. The standard InChI is InChI=1S/C44H29N5O/c1-44(2)38-24-29(27-46)18-22-36(38)40-35(14-9-15-39(40)50-44)37-25-33(21-23-34(37)30-19-16-28(26-45)17-20-30)43-48-41(31-10-5-3-6-11-31)47-42(49-43)32-12-7-4-8-13-32/h3-25H,1-2H3. The molecule has 1 aliphatic heterocycles. The van der Waals surface area contributed by atoms with Crippen LogP contribution < -0.4 is 4.74 Å². The summed E-state index contributed by atoms with van der Waals surface area (Å²) in [6.07, 6.45) is 0. The maximum Gasteiger partial charge on any atom is 0.164 e. The minimum Gasteiger partial charge on any atom is -0.482 e. The van der Waals surface area contributed by atoms with Crippen molar-refractivity contribution in [2.24, 2.45) is 0 Å². The predicted molar refractivity (Wildman–Crippen MR) is 196 cm³/mol. The molecule has 50 heavy (non-hydrogen) atoms. The van der Waals surface area contributed by atoms with Crippen molar-refractivity contribution in [3.63, 3.8) is 0 Å². The number of aromatic nitrogens is 3. The van der Waals surface area contributed by atoms with Gasteiger partial charge in [-0.15, -0.1) is 0 Å². The lowest BCUT2D eigenvalue weighted by atomic mass is 9.81. The Morgan fingerprint density at radius 1 is 0.480 bits per heavy atom. The maximum absolute atomic E-state index is 9.73. The van der Waals surface area contributed by atoms with Crippen LogP contribution in [0.4, 0.5) is 0 Å². The summed E-state index contributed by atoms with van der Waals surface area (Å²) in [5.74, 6) is 2.48. The molecule has 1 aromatic heterocycles. The molecular formula is C44H29N5O. The normalized spacial score (nSPS) is 12.5. The van der Waals surface area contributed by atoms with Gasteiger partial charge in [-0.05, 0) is 78.1 Å². The maximum atomic E-state index is 9.73. The highest BCUT2D eigenvalue weighted by atomic mass is 16.5. The molecule has 0 N–H and O–H groups in total. The first-order valence-electron chi connectivity index (χ1n) is 16.3. The minimum atomic E-state index is -0.641. The number of hydrogen-bond donors (Lipinski definition) is 0. The van der Waals surface area contributed by atoms with E-state index in [1.807, 2.05) is 135 Å². The van der Waals surface area contributed by atoms with Crippen LogP contribution in [0.5, 0.6) is 5.75 Å². The fraction of sp³-hybridized carbons (Fsp3) is 0.0682. The van der Waals surface area contributed by atoms with Crippen molar-refractivity contribution in [3.8, 4) is 85.4 Å². The van der Waals surface area contributed by atoms with Gasteiger partial charge in [0.2, 0.25) is 0 Å². The van der Waals surface area contributed by atoms with Gasteiger partial charge in [0.15, 0.2) is 17.5 Å². The number of benzene rings is 6. The number of ether oxygens (including phenoxy) is 1. The molecular weight excluding hydrogens is 615 g/mol. The van der Waals surface area contributed by atoms with Crippen LogP contribution in [0.1, 0.15) is 30.5 Å². The Kier molecular flexibility index (Phi) is 7.48. The molecule has 0 saturated heterocycles. The Morgan fingerprint density at radius 3 is 1.66 bits per heavy atom. The lowest BCUT2D eigenvalue weighted by molar-refractivity contribution is 0.106. The zero-order valence-corrected chi connectivity index (χ0v) is 27.4. The Balaban J connectivity index is 1.38. The third-order valence-electron chi connectivity index (χ3n) is 9.05. The van der Waals surface area contributed by atoms with Gasteiger partial charge in [-0.3, -0.25) is 0 Å². The zero-order valence-electron chi connectivity index (χ0n) is 27.4. The summed E-state index contributed by atoms with van der Waals surface area (Å²) in [5.41, 5.74) is 9.92. The molecule has 0 spiro atoms. The smallest absolute Gasteiger partial charge is 0.164 e. The molecule has 6 nitrogen and oxygen atoms in total. The first-order valence-corrected chi connectivity index (χ1v) is 16.3. The molecule has 0 unspecified atom stereocenters. The summed E-state index contributed by atoms with van der Waals surface area (Å²) in [7, 11) is 0. The molecule has 2 heterocycles. The Bertz CT molecular complexity index is 2440. The molecule has 0 atom stereocenters. The lowest BCUT2D eigenvalue weighted by Gasteiger charge is -2.36. The molecule has 0 bridgehead atoms. The monoisotopic (exact) mass is 643 g/mol. The van der Waals surface area contributed by atoms with E-state index >= 15 is 0 Å². The first kappa shape index (κ1) is 30.4. The van der Waals surface area contributed by atoms with Crippen molar-refractivity contribution < 1.29 is 4.74 Å². The molecule has 0 fully saturated rings. The molecule has 0 amide bonds. The van der Waals surface area contributed by atoms with Crippen LogP contribution in [-0.4, -0.2) is 15.0 Å². The third kappa shape index (κ3) is 5.46. The average Bonchev–Trinajstić information content (AvgIpc) is 3.17. The van der Waals surface area contributed by atoms with Crippen LogP contribution in [0.25, 0.3) is 67.5 Å². The van der Waals surface area contributed by atoms with Gasteiger partial charge < -0.3 is 4.74 Å². The quantitative estimate of drug-likeness (QED) is 0.185. The van der Waals surface area contributed by atoms with Gasteiger partial charge in [-0.2, -0.15) is 10.5 Å². The van der Waals surface area contributed by atoms with E-state index in [2.05, 4.69) is 30.3 Å². The van der Waals surface area contributed by atoms with E-state index in [9.17, 15) is 10.5 Å². The van der Waals surface area contributed by atoms with E-state index in [-0.39, 0.29) is 0 Å². The van der Waals surface area contributed by atoms with E-state index in [0.717, 1.165) is 61.4 Å². The molecule has 7 aromatic rings. The van der Waals surface area contributed by atoms with Crippen LogP contribution in [-0.2, 0) is 5.60 Å². The molecule has 1 aliphatic rings. The first-order chi connectivity index (χ1) is 24.4. The summed E-state index contributed by atoms with van der Waals surface area (Å²) < 4.78 is 6.65. The van der Waals surface area contributed by atoms with Crippen LogP contribution >= 0.6 is 0 Å². The van der Waals surface area contributed by atoms with Crippen LogP contribution in [0.15, 0.2) is 140 Å². The molecule has 0 saturated carbocycles. The number of hydrogen-bond acceptors (Lipinski definition) is 6. The van der Waals surface area contributed by atoms with Gasteiger partial charge in [0.1, 0.15) is 11.4 Å². The van der Waals surface area contributed by atoms with E-state index < -0.39 is 5.60 Å². The summed E-state index contributed by atoms with van der Waals surface area (Å²) >= 11 is 0. The largest absolute Gasteiger partial charge is 0.482 e. The summed E-state index contributed by atoms with van der Waals surface area (Å²) in [6.45, 7) is 4.06. The highest BCUT2D eigenvalue weighted by molar-refractivity contribution is 5.97. The lowest BCUT2D eigenvalue weighted by Crippen LogP contribution is -2.29. The van der Waals surface area contributed by atoms with E-state index in [1.165, 1.54) is 0 Å². The number of fused-ring (bicyclic) bond motifs is 3. The van der Waals surface area contributed by atoms with Gasteiger partial charge in [-0.25, -0.2) is 15.0 Å². The molecule has 236 valence electrons. The van der Waals surface area contributed by atoms with Crippen molar-refractivity contribution in [3.05, 3.63) is 156 Å². The second-order valence-electron chi connectivity index (χ2n) is 12.7. The third-order valence-corrected chi connectivity index (χ3v) is 9.05. The van der Waals surface area contributed by atoms with E-state index in [4.69, 9.17) is 19.7 Å². The second kappa shape index (κ2) is 12.3. The van der Waals surface area contributed by atoms with Crippen LogP contribution in [0, 0.1) is 22.7 Å². The van der Waals surface area contributed by atoms with E-state index in [0.29, 0.717) is 28.6 Å². The Labute approximate surface area is 290 Å². The Hall–Kier alpha value is -6.89. The average molecular weight is 644 g/mol. The van der Waals surface area contributed by atoms with Gasteiger partial charge >= 0.3 is 0 Å². The second-order valence-corrected chi connectivity index (χ2v) is 12.7. The topological polar surface area (TPSA) is 95.5 Å². The SMILES string of the molecule is CC1(C)Oc2cccc(-c3cc(-c4nc(-c5ccccc5)nc(-c5ccccc5)n4)ccc3-c3ccc(C#N)cc3)c2-c2ccc(C#N)cc21. The Morgan fingerprint density at radius 2 is 1.04 bits per heavy atom. The molecule has 0 aliphatic carbocycles. The highest BCUT2D eigenvalue weighted by Crippen LogP contribution is 2.51. The number of rotatable bonds is 5. The summed E-state index contributed by atoms with van der Waals surface area (Å²) in [5, 5.41) is 19.2.